The van der Waals surface area contributed by atoms with E-state index in [9.17, 15) is 14.0 Å². The van der Waals surface area contributed by atoms with Crippen LogP contribution in [-0.2, 0) is 11.3 Å². The molecule has 0 bridgehead atoms. The van der Waals surface area contributed by atoms with Crippen molar-refractivity contribution in [2.24, 2.45) is 0 Å². The standard InChI is InChI=1S/C15H19FN2O3/c1-18(10-11-3-5-12(16)6-4-11)14(21)17-15(7-2-8-15)9-13(19)20/h3-6H,2,7-10H2,1H3,(H,17,21)(H,19,20). The molecule has 2 N–H and O–H groups in total. The summed E-state index contributed by atoms with van der Waals surface area (Å²) in [6.07, 6.45) is 2.25. The first-order valence-electron chi connectivity index (χ1n) is 6.90. The van der Waals surface area contributed by atoms with Crippen LogP contribution < -0.4 is 5.32 Å². The molecule has 0 aliphatic heterocycles. The van der Waals surface area contributed by atoms with Crippen LogP contribution in [0.1, 0.15) is 31.2 Å². The molecule has 5 nitrogen and oxygen atoms in total. The Bertz CT molecular complexity index is 526. The molecule has 6 heteroatoms. The highest BCUT2D eigenvalue weighted by atomic mass is 19.1. The predicted molar refractivity (Wildman–Crippen MR) is 75.2 cm³/mol. The van der Waals surface area contributed by atoms with Crippen molar-refractivity contribution in [3.63, 3.8) is 0 Å². The Hall–Kier alpha value is -2.11. The molecule has 0 aromatic heterocycles. The van der Waals surface area contributed by atoms with Crippen molar-refractivity contribution in [3.05, 3.63) is 35.6 Å². The number of nitrogens with one attached hydrogen (secondary N) is 1. The van der Waals surface area contributed by atoms with Gasteiger partial charge in [-0.05, 0) is 37.0 Å². The minimum atomic E-state index is -0.906. The van der Waals surface area contributed by atoms with Gasteiger partial charge in [0.1, 0.15) is 5.82 Å². The average Bonchev–Trinajstić information content (AvgIpc) is 2.38. The van der Waals surface area contributed by atoms with E-state index >= 15 is 0 Å². The van der Waals surface area contributed by atoms with Gasteiger partial charge in [0.15, 0.2) is 0 Å². The van der Waals surface area contributed by atoms with Gasteiger partial charge in [-0.2, -0.15) is 0 Å². The van der Waals surface area contributed by atoms with Gasteiger partial charge >= 0.3 is 12.0 Å². The zero-order chi connectivity index (χ0) is 15.5. The van der Waals surface area contributed by atoms with E-state index in [1.165, 1.54) is 17.0 Å². The van der Waals surface area contributed by atoms with Crippen molar-refractivity contribution in [2.45, 2.75) is 37.8 Å². The maximum Gasteiger partial charge on any atom is 0.317 e. The van der Waals surface area contributed by atoms with Crippen molar-refractivity contribution >= 4 is 12.0 Å². The lowest BCUT2D eigenvalue weighted by atomic mass is 9.74. The number of carboxylic acid groups (broad SMARTS) is 1. The molecule has 1 aliphatic rings. The second kappa shape index (κ2) is 6.11. The minimum absolute atomic E-state index is 0.0525. The number of amides is 2. The van der Waals surface area contributed by atoms with Gasteiger partial charge in [-0.3, -0.25) is 4.79 Å². The summed E-state index contributed by atoms with van der Waals surface area (Å²) in [5, 5.41) is 11.8. The molecule has 1 fully saturated rings. The van der Waals surface area contributed by atoms with Crippen LogP contribution in [0.4, 0.5) is 9.18 Å². The van der Waals surface area contributed by atoms with Crippen LogP contribution in [0, 0.1) is 5.82 Å². The first-order chi connectivity index (χ1) is 9.90. The zero-order valence-corrected chi connectivity index (χ0v) is 11.9. The van der Waals surface area contributed by atoms with Crippen LogP contribution in [0.25, 0.3) is 0 Å². The van der Waals surface area contributed by atoms with Crippen molar-refractivity contribution in [2.75, 3.05) is 7.05 Å². The third-order valence-corrected chi connectivity index (χ3v) is 3.85. The van der Waals surface area contributed by atoms with Gasteiger partial charge in [-0.25, -0.2) is 9.18 Å². The highest BCUT2D eigenvalue weighted by Crippen LogP contribution is 2.35. The molecule has 2 amide bonds. The molecule has 21 heavy (non-hydrogen) atoms. The van der Waals surface area contributed by atoms with Crippen LogP contribution in [-0.4, -0.2) is 34.6 Å². The highest BCUT2D eigenvalue weighted by Gasteiger charge is 2.40. The lowest BCUT2D eigenvalue weighted by Crippen LogP contribution is -2.57. The summed E-state index contributed by atoms with van der Waals surface area (Å²) >= 11 is 0. The fourth-order valence-electron chi connectivity index (χ4n) is 2.50. The lowest BCUT2D eigenvalue weighted by Gasteiger charge is -2.42. The number of carboxylic acids is 1. The Morgan fingerprint density at radius 3 is 2.43 bits per heavy atom. The number of nitrogens with zero attached hydrogens (tertiary/aromatic N) is 1. The molecule has 1 aromatic carbocycles. The third kappa shape index (κ3) is 3.93. The molecule has 0 unspecified atom stereocenters. The van der Waals surface area contributed by atoms with Gasteiger partial charge in [0.25, 0.3) is 0 Å². The van der Waals surface area contributed by atoms with E-state index in [1.54, 1.807) is 19.2 Å². The molecule has 0 spiro atoms. The van der Waals surface area contributed by atoms with E-state index in [2.05, 4.69) is 5.32 Å². The summed E-state index contributed by atoms with van der Waals surface area (Å²) in [4.78, 5) is 24.5. The van der Waals surface area contributed by atoms with Crippen LogP contribution >= 0.6 is 0 Å². The Morgan fingerprint density at radius 2 is 1.95 bits per heavy atom. The van der Waals surface area contributed by atoms with Crippen LogP contribution in [0.5, 0.6) is 0 Å². The lowest BCUT2D eigenvalue weighted by molar-refractivity contribution is -0.139. The van der Waals surface area contributed by atoms with Gasteiger partial charge in [0.2, 0.25) is 0 Å². The molecule has 2 rings (SSSR count). The molecular weight excluding hydrogens is 275 g/mol. The second-order valence-corrected chi connectivity index (χ2v) is 5.62. The normalized spacial score (nSPS) is 15.9. The van der Waals surface area contributed by atoms with Gasteiger partial charge in [-0.1, -0.05) is 12.1 Å². The largest absolute Gasteiger partial charge is 0.481 e. The summed E-state index contributed by atoms with van der Waals surface area (Å²) in [6.45, 7) is 0.343. The third-order valence-electron chi connectivity index (χ3n) is 3.85. The van der Waals surface area contributed by atoms with E-state index < -0.39 is 11.5 Å². The number of hydrogen-bond acceptors (Lipinski definition) is 2. The Kier molecular flexibility index (Phi) is 4.45. The van der Waals surface area contributed by atoms with Gasteiger partial charge in [0.05, 0.1) is 12.0 Å². The molecule has 0 saturated heterocycles. The summed E-state index contributed by atoms with van der Waals surface area (Å²) in [7, 11) is 1.63. The van der Waals surface area contributed by atoms with Gasteiger partial charge in [-0.15, -0.1) is 0 Å². The van der Waals surface area contributed by atoms with Crippen LogP contribution in [0.3, 0.4) is 0 Å². The Labute approximate surface area is 122 Å². The number of rotatable bonds is 5. The molecule has 114 valence electrons. The van der Waals surface area contributed by atoms with E-state index in [-0.39, 0.29) is 18.3 Å². The first kappa shape index (κ1) is 15.3. The van der Waals surface area contributed by atoms with Crippen LogP contribution in [0.2, 0.25) is 0 Å². The molecule has 0 heterocycles. The summed E-state index contributed by atoms with van der Waals surface area (Å²) in [5.74, 6) is -1.23. The summed E-state index contributed by atoms with van der Waals surface area (Å²) in [5.41, 5.74) is 0.204. The molecule has 1 saturated carbocycles. The van der Waals surface area contributed by atoms with E-state index in [0.29, 0.717) is 19.4 Å². The zero-order valence-electron chi connectivity index (χ0n) is 11.9. The molecule has 1 aliphatic carbocycles. The van der Waals surface area contributed by atoms with Crippen molar-refractivity contribution in [1.29, 1.82) is 0 Å². The van der Waals surface area contributed by atoms with Gasteiger partial charge in [0, 0.05) is 13.6 Å². The number of carbonyl (C=O) groups excluding carboxylic acids is 1. The van der Waals surface area contributed by atoms with Crippen molar-refractivity contribution < 1.29 is 19.1 Å². The molecule has 0 radical (unpaired) electrons. The number of urea groups is 1. The molecular formula is C15H19FN2O3. The first-order valence-corrected chi connectivity index (χ1v) is 6.90. The quantitative estimate of drug-likeness (QED) is 0.876. The summed E-state index contributed by atoms with van der Waals surface area (Å²) < 4.78 is 12.8. The SMILES string of the molecule is CN(Cc1ccc(F)cc1)C(=O)NC1(CC(=O)O)CCC1. The van der Waals surface area contributed by atoms with E-state index in [0.717, 1.165) is 12.0 Å². The molecule has 0 atom stereocenters. The smallest absolute Gasteiger partial charge is 0.317 e. The van der Waals surface area contributed by atoms with E-state index in [4.69, 9.17) is 5.11 Å². The molecule has 1 aromatic rings. The highest BCUT2D eigenvalue weighted by molar-refractivity contribution is 5.77. The topological polar surface area (TPSA) is 69.6 Å². The average molecular weight is 294 g/mol. The summed E-state index contributed by atoms with van der Waals surface area (Å²) in [6, 6.07) is 5.63. The second-order valence-electron chi connectivity index (χ2n) is 5.62. The maximum atomic E-state index is 12.8. The number of carbonyl (C=O) groups is 2. The predicted octanol–water partition coefficient (Wildman–Crippen LogP) is 2.36. The maximum absolute atomic E-state index is 12.8. The monoisotopic (exact) mass is 294 g/mol. The fraction of sp³-hybridized carbons (Fsp3) is 0.467. The number of aliphatic carboxylic acids is 1. The number of hydrogen-bond donors (Lipinski definition) is 2. The Morgan fingerprint density at radius 1 is 1.33 bits per heavy atom. The number of halogens is 1. The van der Waals surface area contributed by atoms with Crippen LogP contribution in [0.15, 0.2) is 24.3 Å². The van der Waals surface area contributed by atoms with Crippen molar-refractivity contribution in [3.8, 4) is 0 Å². The fourth-order valence-corrected chi connectivity index (χ4v) is 2.50. The number of benzene rings is 1. The van der Waals surface area contributed by atoms with Crippen molar-refractivity contribution in [1.82, 2.24) is 10.2 Å². The van der Waals surface area contributed by atoms with E-state index in [1.807, 2.05) is 0 Å². The minimum Gasteiger partial charge on any atom is -0.481 e. The van der Waals surface area contributed by atoms with Gasteiger partial charge < -0.3 is 15.3 Å². The Balaban J connectivity index is 1.92.